The van der Waals surface area contributed by atoms with Crippen LogP contribution in [0.3, 0.4) is 0 Å². The van der Waals surface area contributed by atoms with Crippen LogP contribution in [-0.4, -0.2) is 38.8 Å². The van der Waals surface area contributed by atoms with Crippen LogP contribution in [0.4, 0.5) is 5.69 Å². The Hall–Kier alpha value is -1.60. The second-order valence-corrected chi connectivity index (χ2v) is 5.38. The molecule has 17 heavy (non-hydrogen) atoms. The van der Waals surface area contributed by atoms with Crippen LogP contribution < -0.4 is 10.0 Å². The van der Waals surface area contributed by atoms with Crippen LogP contribution in [0.2, 0.25) is 0 Å². The highest BCUT2D eigenvalue weighted by Crippen LogP contribution is 2.17. The molecule has 1 rings (SSSR count). The second kappa shape index (κ2) is 5.15. The number of hydrogen-bond acceptors (Lipinski definition) is 4. The summed E-state index contributed by atoms with van der Waals surface area (Å²) in [5.74, 6) is -0.579. The SMILES string of the molecule is CS(=O)(=O)N(CCO)c1ccc(C(N)=O)cc1. The molecule has 0 spiro atoms. The zero-order valence-electron chi connectivity index (χ0n) is 9.33. The summed E-state index contributed by atoms with van der Waals surface area (Å²) in [5, 5.41) is 8.82. The third-order valence-electron chi connectivity index (χ3n) is 2.14. The van der Waals surface area contributed by atoms with E-state index < -0.39 is 15.9 Å². The fourth-order valence-electron chi connectivity index (χ4n) is 1.37. The predicted octanol–water partition coefficient (Wildman–Crippen LogP) is -0.456. The number of aliphatic hydroxyl groups is 1. The minimum absolute atomic E-state index is 0.0330. The molecule has 6 nitrogen and oxygen atoms in total. The number of anilines is 1. The lowest BCUT2D eigenvalue weighted by Crippen LogP contribution is -2.32. The predicted molar refractivity (Wildman–Crippen MR) is 64.2 cm³/mol. The number of rotatable bonds is 5. The van der Waals surface area contributed by atoms with Gasteiger partial charge in [-0.25, -0.2) is 8.42 Å². The van der Waals surface area contributed by atoms with Crippen molar-refractivity contribution in [2.75, 3.05) is 23.7 Å². The fraction of sp³-hybridized carbons (Fsp3) is 0.300. The first kappa shape index (κ1) is 13.5. The molecule has 0 fully saturated rings. The lowest BCUT2D eigenvalue weighted by Gasteiger charge is -2.21. The summed E-state index contributed by atoms with van der Waals surface area (Å²) in [6.07, 6.45) is 1.05. The van der Waals surface area contributed by atoms with Crippen LogP contribution in [0, 0.1) is 0 Å². The Balaban J connectivity index is 3.08. The maximum atomic E-state index is 11.5. The van der Waals surface area contributed by atoms with Crippen molar-refractivity contribution >= 4 is 21.6 Å². The summed E-state index contributed by atoms with van der Waals surface area (Å²) in [4.78, 5) is 10.9. The lowest BCUT2D eigenvalue weighted by molar-refractivity contribution is 0.100. The summed E-state index contributed by atoms with van der Waals surface area (Å²) in [7, 11) is -3.46. The number of benzene rings is 1. The molecule has 1 amide bonds. The van der Waals surface area contributed by atoms with E-state index in [9.17, 15) is 13.2 Å². The maximum Gasteiger partial charge on any atom is 0.248 e. The van der Waals surface area contributed by atoms with Crippen LogP contribution in [0.1, 0.15) is 10.4 Å². The summed E-state index contributed by atoms with van der Waals surface area (Å²) in [6, 6.07) is 5.81. The topological polar surface area (TPSA) is 101 Å². The highest BCUT2D eigenvalue weighted by molar-refractivity contribution is 7.92. The molecule has 0 bridgehead atoms. The maximum absolute atomic E-state index is 11.5. The van der Waals surface area contributed by atoms with Gasteiger partial charge in [-0.05, 0) is 24.3 Å². The molecule has 0 radical (unpaired) electrons. The van der Waals surface area contributed by atoms with Gasteiger partial charge < -0.3 is 10.8 Å². The van der Waals surface area contributed by atoms with Crippen molar-refractivity contribution in [3.63, 3.8) is 0 Å². The van der Waals surface area contributed by atoms with Crippen molar-refractivity contribution < 1.29 is 18.3 Å². The van der Waals surface area contributed by atoms with Crippen molar-refractivity contribution in [1.29, 1.82) is 0 Å². The van der Waals surface area contributed by atoms with Gasteiger partial charge in [0.25, 0.3) is 0 Å². The van der Waals surface area contributed by atoms with E-state index in [1.807, 2.05) is 0 Å². The molecule has 1 aromatic carbocycles. The minimum atomic E-state index is -3.46. The molecule has 0 atom stereocenters. The van der Waals surface area contributed by atoms with Gasteiger partial charge in [0.15, 0.2) is 0 Å². The number of hydrogen-bond donors (Lipinski definition) is 2. The fourth-order valence-corrected chi connectivity index (χ4v) is 2.29. The highest BCUT2D eigenvalue weighted by atomic mass is 32.2. The Bertz CT molecular complexity index is 496. The molecule has 0 aromatic heterocycles. The number of nitrogens with two attached hydrogens (primary N) is 1. The molecule has 0 aliphatic carbocycles. The third kappa shape index (κ3) is 3.43. The van der Waals surface area contributed by atoms with E-state index in [0.717, 1.165) is 10.6 Å². The average molecular weight is 258 g/mol. The molecule has 0 heterocycles. The van der Waals surface area contributed by atoms with Crippen LogP contribution in [0.15, 0.2) is 24.3 Å². The van der Waals surface area contributed by atoms with Gasteiger partial charge in [0, 0.05) is 5.56 Å². The standard InChI is InChI=1S/C10H14N2O4S/c1-17(15,16)12(6-7-13)9-4-2-8(3-5-9)10(11)14/h2-5,13H,6-7H2,1H3,(H2,11,14). The van der Waals surface area contributed by atoms with Gasteiger partial charge in [-0.3, -0.25) is 9.10 Å². The molecule has 0 aliphatic rings. The minimum Gasteiger partial charge on any atom is -0.394 e. The van der Waals surface area contributed by atoms with Gasteiger partial charge in [-0.15, -0.1) is 0 Å². The molecule has 0 saturated carbocycles. The monoisotopic (exact) mass is 258 g/mol. The van der Waals surface area contributed by atoms with Gasteiger partial charge in [0.05, 0.1) is 25.1 Å². The number of carbonyl (C=O) groups excluding carboxylic acids is 1. The molecule has 94 valence electrons. The van der Waals surface area contributed by atoms with E-state index in [1.165, 1.54) is 24.3 Å². The van der Waals surface area contributed by atoms with Crippen molar-refractivity contribution in [3.8, 4) is 0 Å². The highest BCUT2D eigenvalue weighted by Gasteiger charge is 2.16. The van der Waals surface area contributed by atoms with Gasteiger partial charge in [0.1, 0.15) is 0 Å². The smallest absolute Gasteiger partial charge is 0.248 e. The van der Waals surface area contributed by atoms with Crippen LogP contribution in [0.25, 0.3) is 0 Å². The Morgan fingerprint density at radius 1 is 1.35 bits per heavy atom. The van der Waals surface area contributed by atoms with Crippen LogP contribution in [0.5, 0.6) is 0 Å². The van der Waals surface area contributed by atoms with E-state index in [1.54, 1.807) is 0 Å². The number of carbonyl (C=O) groups is 1. The Morgan fingerprint density at radius 3 is 2.24 bits per heavy atom. The Labute approximate surface area is 99.7 Å². The molecule has 0 aliphatic heterocycles. The van der Waals surface area contributed by atoms with E-state index in [-0.39, 0.29) is 13.2 Å². The van der Waals surface area contributed by atoms with E-state index in [2.05, 4.69) is 0 Å². The quantitative estimate of drug-likeness (QED) is 0.746. The summed E-state index contributed by atoms with van der Waals surface area (Å²) in [5.41, 5.74) is 5.75. The zero-order valence-corrected chi connectivity index (χ0v) is 10.1. The van der Waals surface area contributed by atoms with Crippen LogP contribution in [-0.2, 0) is 10.0 Å². The molecular formula is C10H14N2O4S. The first-order valence-electron chi connectivity index (χ1n) is 4.84. The van der Waals surface area contributed by atoms with E-state index in [4.69, 9.17) is 10.8 Å². The van der Waals surface area contributed by atoms with Crippen molar-refractivity contribution in [1.82, 2.24) is 0 Å². The van der Waals surface area contributed by atoms with Crippen molar-refractivity contribution in [2.45, 2.75) is 0 Å². The number of sulfonamides is 1. The first-order valence-corrected chi connectivity index (χ1v) is 6.69. The normalized spacial score (nSPS) is 11.2. The van der Waals surface area contributed by atoms with Gasteiger partial charge in [-0.2, -0.15) is 0 Å². The second-order valence-electron chi connectivity index (χ2n) is 3.47. The number of aliphatic hydroxyl groups excluding tert-OH is 1. The van der Waals surface area contributed by atoms with E-state index in [0.29, 0.717) is 11.3 Å². The molecule has 0 saturated heterocycles. The number of primary amides is 1. The molecule has 7 heteroatoms. The van der Waals surface area contributed by atoms with Crippen LogP contribution >= 0.6 is 0 Å². The Kier molecular flexibility index (Phi) is 4.08. The number of amides is 1. The largest absolute Gasteiger partial charge is 0.394 e. The third-order valence-corrected chi connectivity index (χ3v) is 3.34. The zero-order chi connectivity index (χ0) is 13.1. The van der Waals surface area contributed by atoms with E-state index >= 15 is 0 Å². The lowest BCUT2D eigenvalue weighted by atomic mass is 10.2. The summed E-state index contributed by atoms with van der Waals surface area (Å²) >= 11 is 0. The Morgan fingerprint density at radius 2 is 1.88 bits per heavy atom. The van der Waals surface area contributed by atoms with Gasteiger partial charge in [0.2, 0.25) is 15.9 Å². The first-order chi connectivity index (χ1) is 7.86. The average Bonchev–Trinajstić information content (AvgIpc) is 2.24. The van der Waals surface area contributed by atoms with Gasteiger partial charge >= 0.3 is 0 Å². The van der Waals surface area contributed by atoms with Gasteiger partial charge in [-0.1, -0.05) is 0 Å². The number of nitrogens with zero attached hydrogens (tertiary/aromatic N) is 1. The molecular weight excluding hydrogens is 244 g/mol. The molecule has 3 N–H and O–H groups in total. The van der Waals surface area contributed by atoms with Crippen molar-refractivity contribution in [2.24, 2.45) is 5.73 Å². The molecule has 0 unspecified atom stereocenters. The summed E-state index contributed by atoms with van der Waals surface area (Å²) < 4.78 is 24.0. The molecule has 1 aromatic rings. The van der Waals surface area contributed by atoms with Crippen molar-refractivity contribution in [3.05, 3.63) is 29.8 Å². The summed E-state index contributed by atoms with van der Waals surface area (Å²) in [6.45, 7) is -0.320.